The van der Waals surface area contributed by atoms with Crippen LogP contribution in [0.5, 0.6) is 5.75 Å². The highest BCUT2D eigenvalue weighted by Crippen LogP contribution is 2.39. The number of hydrogen-bond donors (Lipinski definition) is 1. The molecule has 0 spiro atoms. The number of ether oxygens (including phenoxy) is 1. The molecule has 0 bridgehead atoms. The summed E-state index contributed by atoms with van der Waals surface area (Å²) in [4.78, 5) is 35.8. The number of likely N-dealkylation sites (tertiary alicyclic amines) is 1. The maximum atomic E-state index is 13.1. The molecule has 1 aromatic carbocycles. The highest BCUT2D eigenvalue weighted by Gasteiger charge is 2.45. The smallest absolute Gasteiger partial charge is 0.295 e. The third-order valence-electron chi connectivity index (χ3n) is 6.33. The molecule has 4 rings (SSSR count). The number of benzene rings is 1. The molecule has 3 aromatic rings. The van der Waals surface area contributed by atoms with Crippen LogP contribution in [0, 0.1) is 0 Å². The van der Waals surface area contributed by atoms with Gasteiger partial charge in [-0.05, 0) is 42.7 Å². The number of unbranched alkanes of at least 4 members (excludes halogenated alkanes) is 3. The molecule has 1 amide bonds. The van der Waals surface area contributed by atoms with Crippen LogP contribution in [-0.2, 0) is 16.1 Å². The molecule has 36 heavy (non-hydrogen) atoms. The number of aryl methyl sites for hydroxylation is 1. The number of carbonyl (C=O) groups is 2. The molecular formula is C28H32N4O4. The zero-order chi connectivity index (χ0) is 25.3. The Morgan fingerprint density at radius 3 is 2.42 bits per heavy atom. The average Bonchev–Trinajstić information content (AvgIpc) is 3.51. The molecule has 1 aliphatic rings. The molecule has 1 N–H and O–H groups in total. The predicted octanol–water partition coefficient (Wildman–Crippen LogP) is 4.75. The molecule has 1 fully saturated rings. The van der Waals surface area contributed by atoms with E-state index in [4.69, 9.17) is 4.74 Å². The summed E-state index contributed by atoms with van der Waals surface area (Å²) in [7, 11) is 0. The van der Waals surface area contributed by atoms with Crippen LogP contribution in [0.3, 0.4) is 0 Å². The molecule has 1 saturated heterocycles. The van der Waals surface area contributed by atoms with Gasteiger partial charge in [0.2, 0.25) is 0 Å². The summed E-state index contributed by atoms with van der Waals surface area (Å²) in [5, 5.41) is 11.1. The summed E-state index contributed by atoms with van der Waals surface area (Å²) in [6, 6.07) is 9.98. The molecule has 2 aromatic heterocycles. The van der Waals surface area contributed by atoms with Crippen LogP contribution >= 0.6 is 0 Å². The van der Waals surface area contributed by atoms with Gasteiger partial charge < -0.3 is 19.3 Å². The fourth-order valence-electron chi connectivity index (χ4n) is 4.43. The maximum absolute atomic E-state index is 13.1. The fraction of sp³-hybridized carbons (Fsp3) is 0.357. The highest BCUT2D eigenvalue weighted by atomic mass is 16.5. The Balaban J connectivity index is 1.59. The lowest BCUT2D eigenvalue weighted by atomic mass is 9.95. The molecule has 188 valence electrons. The van der Waals surface area contributed by atoms with E-state index in [1.807, 2.05) is 35.0 Å². The minimum Gasteiger partial charge on any atom is -0.507 e. The number of rotatable bonds is 12. The van der Waals surface area contributed by atoms with Crippen molar-refractivity contribution in [3.63, 3.8) is 0 Å². The van der Waals surface area contributed by atoms with Crippen molar-refractivity contribution in [2.45, 2.75) is 51.6 Å². The standard InChI is InChI=1S/C28H32N4O4/c1-2-3-4-5-19-36-23-9-7-21(8-10-23)25-24(26(33)22-11-13-29-14-12-22)27(34)28(35)32(25)17-6-16-31-18-15-30-20-31/h7-15,18,20,25,33H,2-6,16-17,19H2,1H3. The van der Waals surface area contributed by atoms with Crippen LogP contribution in [0.2, 0.25) is 0 Å². The van der Waals surface area contributed by atoms with E-state index in [9.17, 15) is 14.7 Å². The number of pyridine rings is 1. The molecule has 0 radical (unpaired) electrons. The normalized spacial score (nSPS) is 17.0. The van der Waals surface area contributed by atoms with E-state index in [1.54, 1.807) is 29.6 Å². The van der Waals surface area contributed by atoms with E-state index < -0.39 is 17.7 Å². The quantitative estimate of drug-likeness (QED) is 0.171. The molecular weight excluding hydrogens is 456 g/mol. The molecule has 1 unspecified atom stereocenters. The van der Waals surface area contributed by atoms with Gasteiger partial charge in [-0.25, -0.2) is 4.98 Å². The zero-order valence-corrected chi connectivity index (χ0v) is 20.5. The molecule has 8 heteroatoms. The third kappa shape index (κ3) is 5.82. The Labute approximate surface area is 211 Å². The molecule has 0 saturated carbocycles. The first kappa shape index (κ1) is 25.2. The molecule has 1 atom stereocenters. The van der Waals surface area contributed by atoms with E-state index in [1.165, 1.54) is 25.2 Å². The first-order valence-electron chi connectivity index (χ1n) is 12.5. The predicted molar refractivity (Wildman–Crippen MR) is 136 cm³/mol. The zero-order valence-electron chi connectivity index (χ0n) is 20.5. The van der Waals surface area contributed by atoms with Gasteiger partial charge in [0, 0.05) is 43.4 Å². The Bertz CT molecular complexity index is 1170. The van der Waals surface area contributed by atoms with E-state index in [2.05, 4.69) is 16.9 Å². The number of Topliss-reactive ketones (excluding diaryl/α,β-unsaturated/α-hetero) is 1. The SMILES string of the molecule is CCCCCCOc1ccc(C2C(=C(O)c3ccncc3)C(=O)C(=O)N2CCCn2ccnc2)cc1. The second-order valence-electron chi connectivity index (χ2n) is 8.86. The van der Waals surface area contributed by atoms with E-state index in [0.717, 1.165) is 24.2 Å². The number of carbonyl (C=O) groups excluding carboxylic acids is 2. The van der Waals surface area contributed by atoms with Crippen molar-refractivity contribution >= 4 is 17.4 Å². The van der Waals surface area contributed by atoms with Gasteiger partial charge in [-0.2, -0.15) is 0 Å². The lowest BCUT2D eigenvalue weighted by Crippen LogP contribution is -2.31. The summed E-state index contributed by atoms with van der Waals surface area (Å²) in [5.74, 6) is -0.763. The number of aliphatic hydroxyl groups excluding tert-OH is 1. The Morgan fingerprint density at radius 1 is 0.944 bits per heavy atom. The van der Waals surface area contributed by atoms with Crippen LogP contribution < -0.4 is 4.74 Å². The molecule has 8 nitrogen and oxygen atoms in total. The Hall–Kier alpha value is -3.94. The average molecular weight is 489 g/mol. The van der Waals surface area contributed by atoms with Gasteiger partial charge in [0.05, 0.1) is 24.5 Å². The molecule has 3 heterocycles. The number of ketones is 1. The minimum absolute atomic E-state index is 0.0852. The van der Waals surface area contributed by atoms with Crippen molar-refractivity contribution in [1.29, 1.82) is 0 Å². The second-order valence-corrected chi connectivity index (χ2v) is 8.86. The number of aliphatic hydroxyl groups is 1. The number of hydrogen-bond acceptors (Lipinski definition) is 6. The summed E-state index contributed by atoms with van der Waals surface area (Å²) in [6.07, 6.45) is 13.5. The van der Waals surface area contributed by atoms with Gasteiger partial charge in [0.25, 0.3) is 11.7 Å². The summed E-state index contributed by atoms with van der Waals surface area (Å²) >= 11 is 0. The van der Waals surface area contributed by atoms with Crippen molar-refractivity contribution in [2.24, 2.45) is 0 Å². The Morgan fingerprint density at radius 2 is 1.72 bits per heavy atom. The molecule has 0 aliphatic carbocycles. The van der Waals surface area contributed by atoms with Crippen molar-refractivity contribution < 1.29 is 19.4 Å². The number of nitrogens with zero attached hydrogens (tertiary/aromatic N) is 4. The lowest BCUT2D eigenvalue weighted by molar-refractivity contribution is -0.139. The number of amides is 1. The van der Waals surface area contributed by atoms with Crippen molar-refractivity contribution in [2.75, 3.05) is 13.2 Å². The second kappa shape index (κ2) is 12.2. The fourth-order valence-corrected chi connectivity index (χ4v) is 4.43. The Kier molecular flexibility index (Phi) is 8.49. The minimum atomic E-state index is -0.695. The van der Waals surface area contributed by atoms with Crippen molar-refractivity contribution in [3.8, 4) is 5.75 Å². The van der Waals surface area contributed by atoms with E-state index >= 15 is 0 Å². The van der Waals surface area contributed by atoms with Crippen LogP contribution in [0.25, 0.3) is 5.76 Å². The highest BCUT2D eigenvalue weighted by molar-refractivity contribution is 6.46. The van der Waals surface area contributed by atoms with Crippen LogP contribution in [0.4, 0.5) is 0 Å². The van der Waals surface area contributed by atoms with Crippen molar-refractivity contribution in [1.82, 2.24) is 19.4 Å². The van der Waals surface area contributed by atoms with Crippen LogP contribution in [0.1, 0.15) is 56.2 Å². The van der Waals surface area contributed by atoms with Crippen LogP contribution in [0.15, 0.2) is 73.1 Å². The summed E-state index contributed by atoms with van der Waals surface area (Å²) in [5.41, 5.74) is 1.27. The van der Waals surface area contributed by atoms with Crippen molar-refractivity contribution in [3.05, 3.63) is 84.2 Å². The third-order valence-corrected chi connectivity index (χ3v) is 6.33. The maximum Gasteiger partial charge on any atom is 0.295 e. The monoisotopic (exact) mass is 488 g/mol. The summed E-state index contributed by atoms with van der Waals surface area (Å²) < 4.78 is 7.79. The van der Waals surface area contributed by atoms with E-state index in [-0.39, 0.29) is 11.3 Å². The lowest BCUT2D eigenvalue weighted by Gasteiger charge is -2.25. The summed E-state index contributed by atoms with van der Waals surface area (Å²) in [6.45, 7) is 3.84. The van der Waals surface area contributed by atoms with Gasteiger partial charge in [-0.15, -0.1) is 0 Å². The number of imidazole rings is 1. The number of aromatic nitrogens is 3. The van der Waals surface area contributed by atoms with Gasteiger partial charge in [0.15, 0.2) is 0 Å². The first-order chi connectivity index (χ1) is 17.6. The van der Waals surface area contributed by atoms with Gasteiger partial charge >= 0.3 is 0 Å². The van der Waals surface area contributed by atoms with Gasteiger partial charge in [0.1, 0.15) is 11.5 Å². The van der Waals surface area contributed by atoms with Crippen LogP contribution in [-0.4, -0.2) is 49.4 Å². The largest absolute Gasteiger partial charge is 0.507 e. The first-order valence-corrected chi connectivity index (χ1v) is 12.5. The van der Waals surface area contributed by atoms with Gasteiger partial charge in [-0.1, -0.05) is 38.3 Å². The molecule has 1 aliphatic heterocycles. The van der Waals surface area contributed by atoms with E-state index in [0.29, 0.717) is 31.7 Å². The topological polar surface area (TPSA) is 97.5 Å². The van der Waals surface area contributed by atoms with Gasteiger partial charge in [-0.3, -0.25) is 14.6 Å².